The van der Waals surface area contributed by atoms with Gasteiger partial charge in [0.05, 0.1) is 24.7 Å². The Hall–Kier alpha value is -1.92. The second-order valence-electron chi connectivity index (χ2n) is 6.40. The summed E-state index contributed by atoms with van der Waals surface area (Å²) >= 11 is 0. The summed E-state index contributed by atoms with van der Waals surface area (Å²) in [4.78, 5) is 28.0. The molecule has 3 rings (SSSR count). The number of piperidine rings is 1. The Morgan fingerprint density at radius 3 is 2.50 bits per heavy atom. The van der Waals surface area contributed by atoms with Gasteiger partial charge in [-0.2, -0.15) is 0 Å². The predicted octanol–water partition coefficient (Wildman–Crippen LogP) is 1.42. The van der Waals surface area contributed by atoms with Crippen molar-refractivity contribution in [3.63, 3.8) is 0 Å². The van der Waals surface area contributed by atoms with Gasteiger partial charge in [-0.1, -0.05) is 12.1 Å². The Morgan fingerprint density at radius 2 is 1.83 bits per heavy atom. The fourth-order valence-corrected chi connectivity index (χ4v) is 3.42. The number of carbonyl (C=O) groups excluding carboxylic acids is 1. The van der Waals surface area contributed by atoms with Crippen LogP contribution in [0.4, 0.5) is 0 Å². The average Bonchev–Trinajstić information content (AvgIpc) is 2.62. The molecule has 0 aromatic heterocycles. The van der Waals surface area contributed by atoms with Crippen LogP contribution in [0.3, 0.4) is 0 Å². The van der Waals surface area contributed by atoms with Crippen molar-refractivity contribution in [2.45, 2.75) is 18.8 Å². The first-order valence-corrected chi connectivity index (χ1v) is 8.57. The van der Waals surface area contributed by atoms with E-state index in [1.54, 1.807) is 24.3 Å². The van der Waals surface area contributed by atoms with Crippen LogP contribution in [-0.4, -0.2) is 72.7 Å². The van der Waals surface area contributed by atoms with Crippen molar-refractivity contribution in [3.05, 3.63) is 35.4 Å². The van der Waals surface area contributed by atoms with Gasteiger partial charge in [0.2, 0.25) is 5.91 Å². The smallest absolute Gasteiger partial charge is 0.335 e. The van der Waals surface area contributed by atoms with Crippen LogP contribution < -0.4 is 0 Å². The molecule has 2 fully saturated rings. The minimum absolute atomic E-state index is 0.147. The van der Waals surface area contributed by atoms with Crippen LogP contribution in [0, 0.1) is 0 Å². The Balaban J connectivity index is 1.60. The Kier molecular flexibility index (Phi) is 5.48. The van der Waals surface area contributed by atoms with Crippen molar-refractivity contribution < 1.29 is 19.4 Å². The zero-order chi connectivity index (χ0) is 16.9. The van der Waals surface area contributed by atoms with Gasteiger partial charge in [-0.3, -0.25) is 9.69 Å². The van der Waals surface area contributed by atoms with E-state index in [1.165, 1.54) is 0 Å². The Morgan fingerprint density at radius 1 is 1.12 bits per heavy atom. The number of ether oxygens (including phenoxy) is 1. The lowest BCUT2D eigenvalue weighted by atomic mass is 9.89. The summed E-state index contributed by atoms with van der Waals surface area (Å²) < 4.78 is 5.35. The van der Waals surface area contributed by atoms with Gasteiger partial charge in [-0.25, -0.2) is 4.79 Å². The maximum Gasteiger partial charge on any atom is 0.335 e. The van der Waals surface area contributed by atoms with Crippen LogP contribution in [0.5, 0.6) is 0 Å². The number of carbonyl (C=O) groups is 2. The van der Waals surface area contributed by atoms with E-state index in [1.807, 2.05) is 4.90 Å². The molecule has 0 spiro atoms. The zero-order valence-electron chi connectivity index (χ0n) is 13.8. The molecule has 2 aliphatic heterocycles. The van der Waals surface area contributed by atoms with Crippen LogP contribution >= 0.6 is 0 Å². The molecule has 0 radical (unpaired) electrons. The molecule has 1 unspecified atom stereocenters. The van der Waals surface area contributed by atoms with Gasteiger partial charge in [0.1, 0.15) is 0 Å². The topological polar surface area (TPSA) is 70.1 Å². The van der Waals surface area contributed by atoms with Gasteiger partial charge in [0.15, 0.2) is 0 Å². The number of carboxylic acids is 1. The predicted molar refractivity (Wildman–Crippen MR) is 89.2 cm³/mol. The molecule has 1 aromatic carbocycles. The summed E-state index contributed by atoms with van der Waals surface area (Å²) in [6.07, 6.45) is 1.82. The van der Waals surface area contributed by atoms with E-state index in [-0.39, 0.29) is 17.4 Å². The van der Waals surface area contributed by atoms with Gasteiger partial charge >= 0.3 is 5.97 Å². The van der Waals surface area contributed by atoms with E-state index < -0.39 is 5.97 Å². The summed E-state index contributed by atoms with van der Waals surface area (Å²) in [5.74, 6) is -0.924. The highest BCUT2D eigenvalue weighted by Crippen LogP contribution is 2.28. The van der Waals surface area contributed by atoms with E-state index in [9.17, 15) is 9.59 Å². The molecule has 6 heteroatoms. The van der Waals surface area contributed by atoms with E-state index in [4.69, 9.17) is 9.84 Å². The molecule has 2 aliphatic rings. The molecule has 1 atom stereocenters. The van der Waals surface area contributed by atoms with Crippen molar-refractivity contribution in [1.29, 1.82) is 0 Å². The molecular weight excluding hydrogens is 308 g/mol. The number of rotatable bonds is 5. The van der Waals surface area contributed by atoms with Crippen LogP contribution in [0.15, 0.2) is 24.3 Å². The summed E-state index contributed by atoms with van der Waals surface area (Å²) in [5.41, 5.74) is 1.17. The van der Waals surface area contributed by atoms with Crippen LogP contribution in [0.25, 0.3) is 0 Å². The molecule has 6 nitrogen and oxygen atoms in total. The molecule has 2 heterocycles. The standard InChI is InChI=1S/C18H24N2O4/c21-17-16(14-3-5-15(6-4-14)18(22)23)2-1-7-20(17)9-8-19-10-12-24-13-11-19/h3-6,16H,1-2,7-13H2,(H,22,23). The molecule has 130 valence electrons. The Bertz CT molecular complexity index is 581. The lowest BCUT2D eigenvalue weighted by molar-refractivity contribution is -0.135. The minimum atomic E-state index is -0.941. The van der Waals surface area contributed by atoms with Crippen molar-refractivity contribution in [2.24, 2.45) is 0 Å². The number of hydrogen-bond acceptors (Lipinski definition) is 4. The van der Waals surface area contributed by atoms with Crippen molar-refractivity contribution in [1.82, 2.24) is 9.80 Å². The quantitative estimate of drug-likeness (QED) is 0.883. The van der Waals surface area contributed by atoms with Crippen LogP contribution in [0.2, 0.25) is 0 Å². The molecule has 24 heavy (non-hydrogen) atoms. The lowest BCUT2D eigenvalue weighted by Crippen LogP contribution is -2.46. The number of morpholine rings is 1. The van der Waals surface area contributed by atoms with E-state index in [0.29, 0.717) is 0 Å². The lowest BCUT2D eigenvalue weighted by Gasteiger charge is -2.35. The second-order valence-corrected chi connectivity index (χ2v) is 6.40. The van der Waals surface area contributed by atoms with Crippen molar-refractivity contribution in [2.75, 3.05) is 45.9 Å². The highest BCUT2D eigenvalue weighted by molar-refractivity contribution is 5.88. The summed E-state index contributed by atoms with van der Waals surface area (Å²) in [6, 6.07) is 6.71. The van der Waals surface area contributed by atoms with Crippen LogP contribution in [-0.2, 0) is 9.53 Å². The first-order valence-electron chi connectivity index (χ1n) is 8.57. The molecule has 1 amide bonds. The van der Waals surface area contributed by atoms with Crippen molar-refractivity contribution in [3.8, 4) is 0 Å². The number of aromatic carboxylic acids is 1. The second kappa shape index (κ2) is 7.77. The van der Waals surface area contributed by atoms with E-state index in [2.05, 4.69) is 4.90 Å². The van der Waals surface area contributed by atoms with Crippen LogP contribution in [0.1, 0.15) is 34.7 Å². The van der Waals surface area contributed by atoms with Gasteiger partial charge in [0, 0.05) is 32.7 Å². The number of amides is 1. The zero-order valence-corrected chi connectivity index (χ0v) is 13.8. The van der Waals surface area contributed by atoms with E-state index >= 15 is 0 Å². The fraction of sp³-hybridized carbons (Fsp3) is 0.556. The van der Waals surface area contributed by atoms with Gasteiger partial charge < -0.3 is 14.7 Å². The number of likely N-dealkylation sites (tertiary alicyclic amines) is 1. The number of carboxylic acid groups (broad SMARTS) is 1. The van der Waals surface area contributed by atoms with E-state index in [0.717, 1.165) is 64.3 Å². The minimum Gasteiger partial charge on any atom is -0.478 e. The molecule has 1 N–H and O–H groups in total. The summed E-state index contributed by atoms with van der Waals surface area (Å²) in [7, 11) is 0. The van der Waals surface area contributed by atoms with Gasteiger partial charge in [0.25, 0.3) is 0 Å². The maximum absolute atomic E-state index is 12.8. The third-order valence-corrected chi connectivity index (χ3v) is 4.88. The highest BCUT2D eigenvalue weighted by atomic mass is 16.5. The number of hydrogen-bond donors (Lipinski definition) is 1. The highest BCUT2D eigenvalue weighted by Gasteiger charge is 2.30. The van der Waals surface area contributed by atoms with Gasteiger partial charge in [-0.05, 0) is 30.5 Å². The third kappa shape index (κ3) is 3.94. The molecule has 2 saturated heterocycles. The van der Waals surface area contributed by atoms with Crippen molar-refractivity contribution >= 4 is 11.9 Å². The first-order chi connectivity index (χ1) is 11.6. The SMILES string of the molecule is O=C(O)c1ccc(C2CCCN(CCN3CCOCC3)C2=O)cc1. The normalized spacial score (nSPS) is 22.6. The van der Waals surface area contributed by atoms with Gasteiger partial charge in [-0.15, -0.1) is 0 Å². The maximum atomic E-state index is 12.8. The molecule has 0 bridgehead atoms. The number of benzene rings is 1. The largest absolute Gasteiger partial charge is 0.478 e. The summed E-state index contributed by atoms with van der Waals surface area (Å²) in [6.45, 7) is 5.86. The monoisotopic (exact) mass is 332 g/mol. The molecule has 0 aliphatic carbocycles. The molecule has 0 saturated carbocycles. The average molecular weight is 332 g/mol. The number of nitrogens with zero attached hydrogens (tertiary/aromatic N) is 2. The Labute approximate surface area is 142 Å². The third-order valence-electron chi connectivity index (χ3n) is 4.88. The first kappa shape index (κ1) is 16.9. The molecule has 1 aromatic rings. The fourth-order valence-electron chi connectivity index (χ4n) is 3.42. The summed E-state index contributed by atoms with van der Waals surface area (Å²) in [5, 5.41) is 8.99. The molecular formula is C18H24N2O4.